The molecule has 1 aliphatic heterocycles. The molecular weight excluding hydrogens is 380 g/mol. The van der Waals surface area contributed by atoms with Crippen molar-refractivity contribution >= 4 is 17.3 Å². The number of hydrogen-bond donors (Lipinski definition) is 1. The fourth-order valence-corrected chi connectivity index (χ4v) is 5.03. The highest BCUT2D eigenvalue weighted by atomic mass is 32.1. The summed E-state index contributed by atoms with van der Waals surface area (Å²) < 4.78 is 8.03. The van der Waals surface area contributed by atoms with Crippen LogP contribution in [0.25, 0.3) is 0 Å². The van der Waals surface area contributed by atoms with E-state index in [1.807, 2.05) is 30.5 Å². The number of aromatic nitrogens is 2. The van der Waals surface area contributed by atoms with Crippen molar-refractivity contribution in [2.75, 3.05) is 0 Å². The highest BCUT2D eigenvalue weighted by Crippen LogP contribution is 2.40. The van der Waals surface area contributed by atoms with Crippen molar-refractivity contribution in [3.05, 3.63) is 78.3 Å². The van der Waals surface area contributed by atoms with Crippen LogP contribution in [0.2, 0.25) is 0 Å². The Hall–Kier alpha value is -2.60. The highest BCUT2D eigenvalue weighted by Gasteiger charge is 2.40. The van der Waals surface area contributed by atoms with Crippen LogP contribution in [0.5, 0.6) is 0 Å². The first-order valence-electron chi connectivity index (χ1n) is 10.5. The molecule has 0 amide bonds. The fraction of sp³-hybridized carbons (Fsp3) is 0.391. The number of thiocarbonyl (C=S) groups is 1. The third-order valence-electron chi connectivity index (χ3n) is 6.18. The maximum absolute atomic E-state index is 5.74. The summed E-state index contributed by atoms with van der Waals surface area (Å²) in [5.74, 6) is 0.910. The molecule has 2 aliphatic rings. The topological polar surface area (TPSA) is 46.2 Å². The Morgan fingerprint density at radius 2 is 2.00 bits per heavy atom. The quantitative estimate of drug-likeness (QED) is 0.594. The van der Waals surface area contributed by atoms with Crippen LogP contribution in [0.15, 0.2) is 65.7 Å². The first-order chi connectivity index (χ1) is 14.3. The van der Waals surface area contributed by atoms with E-state index in [2.05, 4.69) is 44.3 Å². The summed E-state index contributed by atoms with van der Waals surface area (Å²) >= 11 is 5.74. The Labute approximate surface area is 176 Å². The molecule has 1 N–H and O–H groups in total. The van der Waals surface area contributed by atoms with E-state index in [4.69, 9.17) is 16.6 Å². The molecular formula is C23H26N4OS. The van der Waals surface area contributed by atoms with Crippen LogP contribution in [0, 0.1) is 0 Å². The molecule has 0 bridgehead atoms. The summed E-state index contributed by atoms with van der Waals surface area (Å²) in [5.41, 5.74) is 2.28. The molecule has 0 aromatic carbocycles. The van der Waals surface area contributed by atoms with E-state index in [1.165, 1.54) is 37.7 Å². The Kier molecular flexibility index (Phi) is 5.10. The van der Waals surface area contributed by atoms with Gasteiger partial charge < -0.3 is 19.2 Å². The maximum atomic E-state index is 5.74. The van der Waals surface area contributed by atoms with Crippen molar-refractivity contribution in [1.82, 2.24) is 19.8 Å². The molecule has 1 saturated carbocycles. The molecule has 2 fully saturated rings. The van der Waals surface area contributed by atoms with Gasteiger partial charge in [0.25, 0.3) is 0 Å². The SMILES string of the molecule is S=C1N[C@H](c2ccccn2)[C@H](c2ccn(C3CCCCC3)c2)N1Cc1ccco1. The maximum Gasteiger partial charge on any atom is 0.170 e. The van der Waals surface area contributed by atoms with E-state index in [0.717, 1.165) is 16.6 Å². The van der Waals surface area contributed by atoms with E-state index in [-0.39, 0.29) is 12.1 Å². The fourth-order valence-electron chi connectivity index (χ4n) is 4.72. The van der Waals surface area contributed by atoms with Crippen LogP contribution in [-0.2, 0) is 6.54 Å². The first-order valence-corrected chi connectivity index (χ1v) is 10.9. The number of nitrogens with zero attached hydrogens (tertiary/aromatic N) is 3. The molecule has 0 spiro atoms. The van der Waals surface area contributed by atoms with Gasteiger partial charge in [0, 0.05) is 24.6 Å². The van der Waals surface area contributed by atoms with Crippen LogP contribution in [0.4, 0.5) is 0 Å². The molecule has 3 aromatic rings. The van der Waals surface area contributed by atoms with Gasteiger partial charge >= 0.3 is 0 Å². The van der Waals surface area contributed by atoms with Crippen molar-refractivity contribution < 1.29 is 4.42 Å². The molecule has 5 rings (SSSR count). The number of furan rings is 1. The third kappa shape index (κ3) is 3.69. The molecule has 0 unspecified atom stereocenters. The molecule has 1 saturated heterocycles. The van der Waals surface area contributed by atoms with Gasteiger partial charge in [-0.1, -0.05) is 25.3 Å². The average Bonchev–Trinajstić information content (AvgIpc) is 3.51. The zero-order valence-electron chi connectivity index (χ0n) is 16.4. The lowest BCUT2D eigenvalue weighted by Gasteiger charge is -2.27. The molecule has 5 nitrogen and oxygen atoms in total. The van der Waals surface area contributed by atoms with E-state index >= 15 is 0 Å². The molecule has 2 atom stereocenters. The van der Waals surface area contributed by atoms with Crippen molar-refractivity contribution in [2.45, 2.75) is 56.8 Å². The van der Waals surface area contributed by atoms with Gasteiger partial charge in [-0.05, 0) is 61.0 Å². The van der Waals surface area contributed by atoms with Gasteiger partial charge in [-0.15, -0.1) is 0 Å². The smallest absolute Gasteiger partial charge is 0.170 e. The first kappa shape index (κ1) is 18.4. The summed E-state index contributed by atoms with van der Waals surface area (Å²) in [6.07, 6.45) is 14.7. The lowest BCUT2D eigenvalue weighted by Crippen LogP contribution is -2.28. The minimum absolute atomic E-state index is 0.0147. The van der Waals surface area contributed by atoms with Crippen LogP contribution < -0.4 is 5.32 Å². The van der Waals surface area contributed by atoms with Crippen LogP contribution in [0.3, 0.4) is 0 Å². The van der Waals surface area contributed by atoms with E-state index in [1.54, 1.807) is 6.26 Å². The van der Waals surface area contributed by atoms with Gasteiger partial charge in [-0.3, -0.25) is 4.98 Å². The van der Waals surface area contributed by atoms with Crippen molar-refractivity contribution in [3.8, 4) is 0 Å². The summed E-state index contributed by atoms with van der Waals surface area (Å²) in [5, 5.41) is 4.26. The molecule has 0 radical (unpaired) electrons. The minimum atomic E-state index is 0.0147. The highest BCUT2D eigenvalue weighted by molar-refractivity contribution is 7.80. The second-order valence-corrected chi connectivity index (χ2v) is 8.40. The van der Waals surface area contributed by atoms with Crippen molar-refractivity contribution in [1.29, 1.82) is 0 Å². The number of rotatable bonds is 5. The average molecular weight is 407 g/mol. The van der Waals surface area contributed by atoms with Gasteiger partial charge in [0.1, 0.15) is 5.76 Å². The van der Waals surface area contributed by atoms with Crippen LogP contribution in [-0.4, -0.2) is 19.6 Å². The van der Waals surface area contributed by atoms with E-state index in [0.29, 0.717) is 12.6 Å². The molecule has 1 aliphatic carbocycles. The standard InChI is InChI=1S/C23H26N4OS/c29-23-25-21(20-10-4-5-12-24-20)22(27(23)16-19-9-6-14-28-19)17-11-13-26(15-17)18-7-2-1-3-8-18/h4-6,9-15,18,21-22H,1-3,7-8,16H2,(H,25,29)/t21-,22+/m1/s1. The predicted molar refractivity (Wildman–Crippen MR) is 116 cm³/mol. The number of pyridine rings is 1. The van der Waals surface area contributed by atoms with Crippen molar-refractivity contribution in [2.24, 2.45) is 0 Å². The second-order valence-electron chi connectivity index (χ2n) is 8.02. The normalized spacial score (nSPS) is 22.8. The molecule has 4 heterocycles. The van der Waals surface area contributed by atoms with Crippen LogP contribution in [0.1, 0.15) is 67.2 Å². The summed E-state index contributed by atoms with van der Waals surface area (Å²) in [6.45, 7) is 0.640. The second kappa shape index (κ2) is 8.03. The largest absolute Gasteiger partial charge is 0.467 e. The van der Waals surface area contributed by atoms with Crippen LogP contribution >= 0.6 is 12.2 Å². The molecule has 150 valence electrons. The minimum Gasteiger partial charge on any atom is -0.467 e. The lowest BCUT2D eigenvalue weighted by atomic mass is 9.95. The van der Waals surface area contributed by atoms with Gasteiger partial charge in [0.05, 0.1) is 30.6 Å². The molecule has 3 aromatic heterocycles. The summed E-state index contributed by atoms with van der Waals surface area (Å²) in [4.78, 5) is 6.85. The summed E-state index contributed by atoms with van der Waals surface area (Å²) in [6, 6.07) is 12.9. The zero-order chi connectivity index (χ0) is 19.6. The van der Waals surface area contributed by atoms with Gasteiger partial charge in [0.15, 0.2) is 5.11 Å². The summed E-state index contributed by atoms with van der Waals surface area (Å²) in [7, 11) is 0. The predicted octanol–water partition coefficient (Wildman–Crippen LogP) is 5.15. The third-order valence-corrected chi connectivity index (χ3v) is 6.53. The Morgan fingerprint density at radius 3 is 2.76 bits per heavy atom. The Morgan fingerprint density at radius 1 is 1.10 bits per heavy atom. The van der Waals surface area contributed by atoms with Crippen molar-refractivity contribution in [3.63, 3.8) is 0 Å². The lowest BCUT2D eigenvalue weighted by molar-refractivity contribution is 0.286. The zero-order valence-corrected chi connectivity index (χ0v) is 17.2. The monoisotopic (exact) mass is 406 g/mol. The van der Waals surface area contributed by atoms with Gasteiger partial charge in [-0.2, -0.15) is 0 Å². The number of nitrogens with one attached hydrogen (secondary N) is 1. The Balaban J connectivity index is 1.49. The molecule has 29 heavy (non-hydrogen) atoms. The molecule has 6 heteroatoms. The van der Waals surface area contributed by atoms with Gasteiger partial charge in [-0.25, -0.2) is 0 Å². The number of hydrogen-bond acceptors (Lipinski definition) is 3. The Bertz CT molecular complexity index is 946. The van der Waals surface area contributed by atoms with E-state index in [9.17, 15) is 0 Å². The van der Waals surface area contributed by atoms with Gasteiger partial charge in [0.2, 0.25) is 0 Å². The van der Waals surface area contributed by atoms with E-state index < -0.39 is 0 Å².